The van der Waals surface area contributed by atoms with E-state index in [0.29, 0.717) is 0 Å². The van der Waals surface area contributed by atoms with Crippen molar-refractivity contribution < 1.29 is 0 Å². The van der Waals surface area contributed by atoms with E-state index in [2.05, 4.69) is 263 Å². The van der Waals surface area contributed by atoms with Crippen LogP contribution in [-0.2, 0) is 5.41 Å². The minimum Gasteiger partial charge on any atom is -0.310 e. The van der Waals surface area contributed by atoms with E-state index in [1.807, 2.05) is 0 Å². The summed E-state index contributed by atoms with van der Waals surface area (Å²) in [5.74, 6) is 0. The Morgan fingerprint density at radius 2 is 0.703 bits per heavy atom. The molecular formula is C61H41N3. The quantitative estimate of drug-likeness (QED) is 0.159. The summed E-state index contributed by atoms with van der Waals surface area (Å²) >= 11 is 0. The van der Waals surface area contributed by atoms with Crippen molar-refractivity contribution in [3.63, 3.8) is 0 Å². The van der Waals surface area contributed by atoms with Crippen molar-refractivity contribution in [3.8, 4) is 27.9 Å². The van der Waals surface area contributed by atoms with Crippen LogP contribution in [0, 0.1) is 0 Å². The third-order valence-electron chi connectivity index (χ3n) is 13.5. The van der Waals surface area contributed by atoms with Crippen molar-refractivity contribution in [1.82, 2.24) is 4.57 Å². The van der Waals surface area contributed by atoms with Gasteiger partial charge in [-0.05, 0) is 142 Å². The molecule has 1 aromatic heterocycles. The van der Waals surface area contributed by atoms with Gasteiger partial charge in [-0.1, -0.05) is 152 Å². The number of nitrogens with zero attached hydrogens (tertiary/aromatic N) is 3. The average Bonchev–Trinajstić information content (AvgIpc) is 3.97. The molecule has 13 rings (SSSR count). The van der Waals surface area contributed by atoms with Gasteiger partial charge in [0.05, 0.1) is 16.4 Å². The van der Waals surface area contributed by atoms with Crippen molar-refractivity contribution in [2.45, 2.75) is 5.41 Å². The number of anilines is 6. The third-order valence-corrected chi connectivity index (χ3v) is 13.5. The zero-order valence-corrected chi connectivity index (χ0v) is 35.0. The first-order valence-electron chi connectivity index (χ1n) is 22.1. The molecule has 10 aromatic carbocycles. The summed E-state index contributed by atoms with van der Waals surface area (Å²) in [4.78, 5) is 4.81. The molecule has 0 amide bonds. The van der Waals surface area contributed by atoms with Crippen LogP contribution in [0.1, 0.15) is 22.3 Å². The average molecular weight is 816 g/mol. The molecule has 300 valence electrons. The van der Waals surface area contributed by atoms with Gasteiger partial charge in [0.1, 0.15) is 0 Å². The van der Waals surface area contributed by atoms with Crippen LogP contribution in [0.15, 0.2) is 249 Å². The van der Waals surface area contributed by atoms with Gasteiger partial charge in [0.2, 0.25) is 0 Å². The lowest BCUT2D eigenvalue weighted by Gasteiger charge is -2.32. The first-order valence-corrected chi connectivity index (χ1v) is 22.1. The Hall–Kier alpha value is -8.40. The molecule has 0 N–H and O–H groups in total. The second-order valence-electron chi connectivity index (χ2n) is 16.9. The number of aromatic nitrogens is 1. The lowest BCUT2D eigenvalue weighted by atomic mass is 9.70. The normalized spacial score (nSPS) is 14.3. The van der Waals surface area contributed by atoms with E-state index in [-0.39, 0.29) is 0 Å². The molecule has 0 radical (unpaired) electrons. The number of para-hydroxylation sites is 5. The Labute approximate surface area is 373 Å². The highest BCUT2D eigenvalue weighted by Crippen LogP contribution is 2.64. The Bertz CT molecular complexity index is 3520. The minimum absolute atomic E-state index is 0.513. The van der Waals surface area contributed by atoms with Crippen LogP contribution >= 0.6 is 0 Å². The highest BCUT2D eigenvalue weighted by molar-refractivity contribution is 6.11. The summed E-state index contributed by atoms with van der Waals surface area (Å²) in [6, 6.07) is 91.2. The molecule has 3 nitrogen and oxygen atoms in total. The Morgan fingerprint density at radius 1 is 0.266 bits per heavy atom. The van der Waals surface area contributed by atoms with Crippen molar-refractivity contribution in [2.75, 3.05) is 9.80 Å². The maximum absolute atomic E-state index is 2.46. The zero-order valence-electron chi connectivity index (χ0n) is 35.0. The summed E-state index contributed by atoms with van der Waals surface area (Å²) in [6.07, 6.45) is 0. The lowest BCUT2D eigenvalue weighted by molar-refractivity contribution is 0.793. The van der Waals surface area contributed by atoms with Crippen LogP contribution in [-0.4, -0.2) is 4.57 Å². The maximum atomic E-state index is 2.46. The van der Waals surface area contributed by atoms with E-state index in [0.717, 1.165) is 39.8 Å². The number of benzene rings is 10. The second kappa shape index (κ2) is 14.3. The van der Waals surface area contributed by atoms with Crippen LogP contribution in [0.2, 0.25) is 0 Å². The van der Waals surface area contributed by atoms with Crippen molar-refractivity contribution >= 4 is 55.9 Å². The molecule has 1 atom stereocenters. The molecular weight excluding hydrogens is 775 g/mol. The maximum Gasteiger partial charge on any atom is 0.0726 e. The molecule has 64 heavy (non-hydrogen) atoms. The van der Waals surface area contributed by atoms with Crippen LogP contribution in [0.4, 0.5) is 34.1 Å². The molecule has 1 unspecified atom stereocenters. The molecule has 0 fully saturated rings. The zero-order chi connectivity index (χ0) is 42.2. The van der Waals surface area contributed by atoms with Crippen molar-refractivity contribution in [2.24, 2.45) is 0 Å². The first kappa shape index (κ1) is 36.3. The van der Waals surface area contributed by atoms with Gasteiger partial charge in [-0.25, -0.2) is 0 Å². The van der Waals surface area contributed by atoms with Gasteiger partial charge < -0.3 is 14.4 Å². The molecule has 2 aliphatic carbocycles. The van der Waals surface area contributed by atoms with Gasteiger partial charge in [0, 0.05) is 50.6 Å². The third kappa shape index (κ3) is 5.28. The topological polar surface area (TPSA) is 11.4 Å². The van der Waals surface area contributed by atoms with E-state index in [4.69, 9.17) is 0 Å². The molecule has 0 bridgehead atoms. The predicted octanol–water partition coefficient (Wildman–Crippen LogP) is 16.1. The fraction of sp³-hybridized carbons (Fsp3) is 0.0164. The number of hydrogen-bond donors (Lipinski definition) is 0. The predicted molar refractivity (Wildman–Crippen MR) is 266 cm³/mol. The van der Waals surface area contributed by atoms with Crippen LogP contribution in [0.25, 0.3) is 49.7 Å². The van der Waals surface area contributed by atoms with Gasteiger partial charge in [0.15, 0.2) is 0 Å². The molecule has 1 spiro atoms. The minimum atomic E-state index is -0.513. The van der Waals surface area contributed by atoms with Crippen LogP contribution in [0.3, 0.4) is 0 Å². The molecule has 0 aliphatic heterocycles. The fourth-order valence-electron chi connectivity index (χ4n) is 11.0. The van der Waals surface area contributed by atoms with E-state index in [1.54, 1.807) is 0 Å². The second-order valence-corrected chi connectivity index (χ2v) is 16.9. The largest absolute Gasteiger partial charge is 0.310 e. The molecule has 2 aliphatic rings. The van der Waals surface area contributed by atoms with E-state index in [9.17, 15) is 0 Å². The van der Waals surface area contributed by atoms with E-state index >= 15 is 0 Å². The summed E-state index contributed by atoms with van der Waals surface area (Å²) in [6.45, 7) is 0. The van der Waals surface area contributed by atoms with Crippen molar-refractivity contribution in [3.05, 3.63) is 271 Å². The molecule has 0 saturated heterocycles. The SMILES string of the molecule is c1ccc(N(c2ccccc2)c2ccc3c(c2)C2(c4ccccc4-c4cc(N(c5ccccc5)c5ccc6c(c5)c5ccccc5n6-c5ccccc5)ccc42)c2ccccc2-3)cc1. The van der Waals surface area contributed by atoms with Gasteiger partial charge in [0.25, 0.3) is 0 Å². The Morgan fingerprint density at radius 3 is 1.36 bits per heavy atom. The summed E-state index contributed by atoms with van der Waals surface area (Å²) in [5.41, 5.74) is 20.1. The number of hydrogen-bond acceptors (Lipinski definition) is 2. The number of fused-ring (bicyclic) bond motifs is 13. The van der Waals surface area contributed by atoms with Crippen LogP contribution in [0.5, 0.6) is 0 Å². The Kier molecular flexibility index (Phi) is 8.13. The summed E-state index contributed by atoms with van der Waals surface area (Å²) in [7, 11) is 0. The molecule has 0 saturated carbocycles. The molecule has 1 heterocycles. The van der Waals surface area contributed by atoms with E-state index < -0.39 is 5.41 Å². The lowest BCUT2D eigenvalue weighted by Crippen LogP contribution is -2.26. The Balaban J connectivity index is 1.02. The highest BCUT2D eigenvalue weighted by Gasteiger charge is 2.52. The number of rotatable bonds is 7. The summed E-state index contributed by atoms with van der Waals surface area (Å²) in [5, 5.41) is 2.45. The van der Waals surface area contributed by atoms with Gasteiger partial charge in [-0.2, -0.15) is 0 Å². The van der Waals surface area contributed by atoms with Gasteiger partial charge in [-0.3, -0.25) is 0 Å². The standard InChI is InChI=1S/C61H41N3/c1-5-19-42(20-6-1)62(43-21-7-2-8-22-43)48-33-36-51-49-27-13-16-30-55(49)61(58(51)41-48)56-31-17-14-28-50(56)53-39-46(34-37-57(53)61)63(44-23-9-3-10-24-44)47-35-38-60-54(40-47)52-29-15-18-32-59(52)64(60)45-25-11-4-12-26-45/h1-41H. The monoisotopic (exact) mass is 815 g/mol. The van der Waals surface area contributed by atoms with Crippen molar-refractivity contribution in [1.29, 1.82) is 0 Å². The van der Waals surface area contributed by atoms with Gasteiger partial charge >= 0.3 is 0 Å². The first-order chi connectivity index (χ1) is 31.8. The van der Waals surface area contributed by atoms with Crippen LogP contribution < -0.4 is 9.80 Å². The van der Waals surface area contributed by atoms with Gasteiger partial charge in [-0.15, -0.1) is 0 Å². The fourth-order valence-corrected chi connectivity index (χ4v) is 11.0. The molecule has 11 aromatic rings. The van der Waals surface area contributed by atoms with E-state index in [1.165, 1.54) is 66.3 Å². The smallest absolute Gasteiger partial charge is 0.0726 e. The highest BCUT2D eigenvalue weighted by atomic mass is 15.1. The molecule has 3 heteroatoms. The summed E-state index contributed by atoms with van der Waals surface area (Å²) < 4.78 is 2.38.